The molecule has 0 radical (unpaired) electrons. The Bertz CT molecular complexity index is 1220. The van der Waals surface area contributed by atoms with Crippen LogP contribution in [0.25, 0.3) is 11.5 Å². The van der Waals surface area contributed by atoms with Gasteiger partial charge in [0.2, 0.25) is 11.8 Å². The summed E-state index contributed by atoms with van der Waals surface area (Å²) in [5.74, 6) is 0.817. The van der Waals surface area contributed by atoms with Crippen molar-refractivity contribution in [1.82, 2.24) is 19.7 Å². The van der Waals surface area contributed by atoms with E-state index in [0.717, 1.165) is 25.1 Å². The van der Waals surface area contributed by atoms with Gasteiger partial charge in [-0.05, 0) is 44.9 Å². The smallest absolute Gasteiger partial charge is 0.388 e. The zero-order valence-electron chi connectivity index (χ0n) is 18.1. The number of carbonyl (C=O) groups is 1. The highest BCUT2D eigenvalue weighted by Crippen LogP contribution is 2.34. The number of fused-ring (bicyclic) bond motifs is 3. The molecule has 1 N–H and O–H groups in total. The average Bonchev–Trinajstić information content (AvgIpc) is 3.41. The summed E-state index contributed by atoms with van der Waals surface area (Å²) in [6, 6.07) is 7.55. The van der Waals surface area contributed by atoms with Crippen molar-refractivity contribution in [1.29, 1.82) is 0 Å². The van der Waals surface area contributed by atoms with E-state index < -0.39 is 5.76 Å². The molecule has 2 aliphatic heterocycles. The molecule has 0 bridgehead atoms. The lowest BCUT2D eigenvalue weighted by molar-refractivity contribution is 0.0988. The zero-order chi connectivity index (χ0) is 22.2. The summed E-state index contributed by atoms with van der Waals surface area (Å²) in [4.78, 5) is 38.5. The Morgan fingerprint density at radius 2 is 2.12 bits per heavy atom. The monoisotopic (exact) mass is 435 g/mol. The summed E-state index contributed by atoms with van der Waals surface area (Å²) in [5.41, 5.74) is 1.85. The normalized spacial score (nSPS) is 17.8. The first kappa shape index (κ1) is 20.2. The van der Waals surface area contributed by atoms with Crippen molar-refractivity contribution in [3.8, 4) is 11.5 Å². The van der Waals surface area contributed by atoms with Crippen LogP contribution in [0.3, 0.4) is 0 Å². The molecule has 4 heterocycles. The van der Waals surface area contributed by atoms with Gasteiger partial charge >= 0.3 is 5.76 Å². The van der Waals surface area contributed by atoms with Gasteiger partial charge in [0, 0.05) is 49.7 Å². The van der Waals surface area contributed by atoms with Crippen molar-refractivity contribution >= 4 is 23.4 Å². The first-order valence-corrected chi connectivity index (χ1v) is 11.0. The Kier molecular flexibility index (Phi) is 5.12. The van der Waals surface area contributed by atoms with E-state index in [1.165, 1.54) is 4.68 Å². The van der Waals surface area contributed by atoms with E-state index in [9.17, 15) is 9.59 Å². The van der Waals surface area contributed by atoms with Crippen molar-refractivity contribution in [2.75, 3.05) is 34.8 Å². The minimum Gasteiger partial charge on any atom is -0.388 e. The van der Waals surface area contributed by atoms with E-state index >= 15 is 0 Å². The lowest BCUT2D eigenvalue weighted by Crippen LogP contribution is -2.39. The average molecular weight is 435 g/mol. The van der Waals surface area contributed by atoms with Crippen molar-refractivity contribution in [3.05, 3.63) is 46.6 Å². The summed E-state index contributed by atoms with van der Waals surface area (Å²) in [6.07, 6.45) is 3.65. The SMILES string of the molecule is CCNc1ncc2c(n1)N1CCC[C@H]1CN(c1cccc(-c3nn(CC)c(=O)o3)c1)C2=O. The molecular weight excluding hydrogens is 410 g/mol. The maximum Gasteiger partial charge on any atom is 0.437 e. The quantitative estimate of drug-likeness (QED) is 0.651. The van der Waals surface area contributed by atoms with Gasteiger partial charge in [-0.3, -0.25) is 4.79 Å². The fourth-order valence-electron chi connectivity index (χ4n) is 4.38. The first-order valence-electron chi connectivity index (χ1n) is 11.0. The highest BCUT2D eigenvalue weighted by molar-refractivity contribution is 6.10. The van der Waals surface area contributed by atoms with Gasteiger partial charge in [-0.1, -0.05) is 6.07 Å². The summed E-state index contributed by atoms with van der Waals surface area (Å²) in [6.45, 7) is 6.35. The zero-order valence-corrected chi connectivity index (χ0v) is 18.1. The van der Waals surface area contributed by atoms with Crippen molar-refractivity contribution in [3.63, 3.8) is 0 Å². The minimum absolute atomic E-state index is 0.143. The molecule has 10 nitrogen and oxygen atoms in total. The predicted molar refractivity (Wildman–Crippen MR) is 120 cm³/mol. The molecule has 0 aliphatic carbocycles. The fourth-order valence-corrected chi connectivity index (χ4v) is 4.38. The van der Waals surface area contributed by atoms with Gasteiger partial charge in [-0.2, -0.15) is 9.67 Å². The second kappa shape index (κ2) is 8.10. The molecule has 1 saturated heterocycles. The molecule has 2 aromatic heterocycles. The fraction of sp³-hybridized carbons (Fsp3) is 0.409. The van der Waals surface area contributed by atoms with Gasteiger partial charge in [0.1, 0.15) is 11.4 Å². The Balaban J connectivity index is 1.55. The third-order valence-corrected chi connectivity index (χ3v) is 5.93. The van der Waals surface area contributed by atoms with Gasteiger partial charge in [0.05, 0.1) is 0 Å². The van der Waals surface area contributed by atoms with Gasteiger partial charge in [0.15, 0.2) is 0 Å². The third kappa shape index (κ3) is 3.41. The van der Waals surface area contributed by atoms with E-state index in [4.69, 9.17) is 4.42 Å². The van der Waals surface area contributed by atoms with Gasteiger partial charge in [-0.15, -0.1) is 5.10 Å². The highest BCUT2D eigenvalue weighted by atomic mass is 16.4. The van der Waals surface area contributed by atoms with Crippen LogP contribution in [0.4, 0.5) is 17.5 Å². The lowest BCUT2D eigenvalue weighted by Gasteiger charge is -2.27. The highest BCUT2D eigenvalue weighted by Gasteiger charge is 2.37. The van der Waals surface area contributed by atoms with Crippen LogP contribution in [0, 0.1) is 0 Å². The summed E-state index contributed by atoms with van der Waals surface area (Å²) in [5, 5.41) is 7.37. The molecule has 0 saturated carbocycles. The number of benzene rings is 1. The Morgan fingerprint density at radius 1 is 1.25 bits per heavy atom. The molecule has 32 heavy (non-hydrogen) atoms. The molecule has 1 amide bonds. The number of carbonyl (C=O) groups excluding carboxylic acids is 1. The lowest BCUT2D eigenvalue weighted by atomic mass is 10.1. The van der Waals surface area contributed by atoms with Crippen LogP contribution >= 0.6 is 0 Å². The molecule has 5 rings (SSSR count). The molecule has 2 aliphatic rings. The first-order chi connectivity index (χ1) is 15.6. The molecule has 0 unspecified atom stereocenters. The molecular formula is C22H25N7O3. The molecule has 1 fully saturated rings. The van der Waals surface area contributed by atoms with E-state index in [1.54, 1.807) is 11.1 Å². The molecule has 166 valence electrons. The van der Waals surface area contributed by atoms with Crippen LogP contribution in [-0.2, 0) is 6.54 Å². The van der Waals surface area contributed by atoms with Gasteiger partial charge in [0.25, 0.3) is 5.91 Å². The number of nitrogens with zero attached hydrogens (tertiary/aromatic N) is 6. The number of anilines is 3. The second-order valence-electron chi connectivity index (χ2n) is 7.91. The third-order valence-electron chi connectivity index (χ3n) is 5.93. The summed E-state index contributed by atoms with van der Waals surface area (Å²) in [7, 11) is 0. The van der Waals surface area contributed by atoms with Crippen LogP contribution < -0.4 is 20.9 Å². The number of hydrogen-bond donors (Lipinski definition) is 1. The number of nitrogens with one attached hydrogen (secondary N) is 1. The summed E-state index contributed by atoms with van der Waals surface area (Å²) >= 11 is 0. The van der Waals surface area contributed by atoms with Crippen molar-refractivity contribution < 1.29 is 9.21 Å². The predicted octanol–water partition coefficient (Wildman–Crippen LogP) is 2.37. The van der Waals surface area contributed by atoms with E-state index in [2.05, 4.69) is 25.3 Å². The standard InChI is InChI=1S/C22H25N7O3/c1-3-23-21-24-12-17-18(25-21)27-10-6-9-16(27)13-28(20(17)30)15-8-5-7-14(11-15)19-26-29(4-2)22(31)32-19/h5,7-8,11-12,16H,3-4,6,9-10,13H2,1-2H3,(H,23,24,25)/t16-/m0/s1. The number of hydrogen-bond acceptors (Lipinski definition) is 8. The van der Waals surface area contributed by atoms with E-state index in [0.29, 0.717) is 42.5 Å². The van der Waals surface area contributed by atoms with Crippen LogP contribution in [0.1, 0.15) is 37.0 Å². The van der Waals surface area contributed by atoms with Crippen LogP contribution in [0.5, 0.6) is 0 Å². The molecule has 10 heteroatoms. The Morgan fingerprint density at radius 3 is 2.91 bits per heavy atom. The van der Waals surface area contributed by atoms with Crippen molar-refractivity contribution in [2.24, 2.45) is 0 Å². The summed E-state index contributed by atoms with van der Waals surface area (Å²) < 4.78 is 6.57. The van der Waals surface area contributed by atoms with E-state index in [-0.39, 0.29) is 17.8 Å². The maximum atomic E-state index is 13.6. The number of rotatable bonds is 5. The topological polar surface area (TPSA) is 109 Å². The Labute approximate surface area is 184 Å². The Hall–Kier alpha value is -3.69. The van der Waals surface area contributed by atoms with Crippen molar-refractivity contribution in [2.45, 2.75) is 39.3 Å². The van der Waals surface area contributed by atoms with Gasteiger partial charge in [-0.25, -0.2) is 9.78 Å². The molecule has 1 aromatic carbocycles. The minimum atomic E-state index is -0.497. The number of aryl methyl sites for hydroxylation is 1. The maximum absolute atomic E-state index is 13.6. The largest absolute Gasteiger partial charge is 0.437 e. The van der Waals surface area contributed by atoms with Gasteiger partial charge < -0.3 is 19.5 Å². The molecule has 1 atom stereocenters. The van der Waals surface area contributed by atoms with Crippen LogP contribution in [0.15, 0.2) is 39.7 Å². The van der Waals surface area contributed by atoms with E-state index in [1.807, 2.05) is 38.1 Å². The molecule has 3 aromatic rings. The van der Waals surface area contributed by atoms with Crippen LogP contribution in [-0.4, -0.2) is 51.3 Å². The number of amides is 1. The second-order valence-corrected chi connectivity index (χ2v) is 7.91. The number of aromatic nitrogens is 4. The molecule has 0 spiro atoms. The van der Waals surface area contributed by atoms with Crippen LogP contribution in [0.2, 0.25) is 0 Å².